The molecule has 7 heteroatoms. The highest BCUT2D eigenvalue weighted by Crippen LogP contribution is 2.48. The summed E-state index contributed by atoms with van der Waals surface area (Å²) in [5, 5.41) is 20.7. The Labute approximate surface area is 122 Å². The number of carbonyl (C=O) groups excluding carboxylic acids is 1. The highest BCUT2D eigenvalue weighted by Gasteiger charge is 2.63. The quantitative estimate of drug-likeness (QED) is 0.548. The van der Waals surface area contributed by atoms with Crippen molar-refractivity contribution in [3.63, 3.8) is 0 Å². The molecule has 0 bridgehead atoms. The van der Waals surface area contributed by atoms with E-state index >= 15 is 0 Å². The van der Waals surface area contributed by atoms with Crippen LogP contribution in [0.3, 0.4) is 0 Å². The summed E-state index contributed by atoms with van der Waals surface area (Å²) in [7, 11) is 0. The molecule has 2 fully saturated rings. The first-order valence-electron chi connectivity index (χ1n) is 7.42. The van der Waals surface area contributed by atoms with Crippen molar-refractivity contribution in [1.82, 2.24) is 5.32 Å². The molecule has 2 saturated carbocycles. The molecule has 118 valence electrons. The second-order valence-electron chi connectivity index (χ2n) is 6.08. The lowest BCUT2D eigenvalue weighted by atomic mass is 9.89. The molecule has 1 amide bonds. The molecule has 5 N–H and O–H groups in total. The smallest absolute Gasteiger partial charge is 0.320 e. The molecule has 0 radical (unpaired) electrons. The second-order valence-corrected chi connectivity index (χ2v) is 6.08. The normalized spacial score (nSPS) is 30.4. The SMILES string of the molecule is NC(C(=O)O)[C@@H]1[C@@H](C(=O)O)[C@@H]1C(=O)NCC1CCCCC1. The molecule has 1 unspecified atom stereocenters. The topological polar surface area (TPSA) is 130 Å². The Morgan fingerprint density at radius 1 is 1.10 bits per heavy atom. The summed E-state index contributed by atoms with van der Waals surface area (Å²) in [5.74, 6) is -4.99. The van der Waals surface area contributed by atoms with Crippen LogP contribution < -0.4 is 11.1 Å². The molecule has 0 spiro atoms. The fourth-order valence-corrected chi connectivity index (χ4v) is 3.36. The average molecular weight is 298 g/mol. The number of amides is 1. The van der Waals surface area contributed by atoms with Crippen LogP contribution in [0.15, 0.2) is 0 Å². The Morgan fingerprint density at radius 2 is 1.71 bits per heavy atom. The third kappa shape index (κ3) is 3.53. The van der Waals surface area contributed by atoms with E-state index in [9.17, 15) is 14.4 Å². The van der Waals surface area contributed by atoms with E-state index < -0.39 is 35.7 Å². The predicted octanol–water partition coefficient (Wildman–Crippen LogP) is 0.0416. The Morgan fingerprint density at radius 3 is 2.24 bits per heavy atom. The number of hydrogen-bond donors (Lipinski definition) is 4. The molecule has 2 rings (SSSR count). The molecular weight excluding hydrogens is 276 g/mol. The van der Waals surface area contributed by atoms with Gasteiger partial charge in [-0.1, -0.05) is 19.3 Å². The van der Waals surface area contributed by atoms with E-state index in [2.05, 4.69) is 5.32 Å². The maximum Gasteiger partial charge on any atom is 0.320 e. The highest BCUT2D eigenvalue weighted by atomic mass is 16.4. The van der Waals surface area contributed by atoms with E-state index in [-0.39, 0.29) is 5.91 Å². The van der Waals surface area contributed by atoms with Crippen LogP contribution in [-0.4, -0.2) is 40.6 Å². The van der Waals surface area contributed by atoms with Gasteiger partial charge in [0.2, 0.25) is 5.91 Å². The third-order valence-electron chi connectivity index (χ3n) is 4.65. The van der Waals surface area contributed by atoms with E-state index in [1.807, 2.05) is 0 Å². The number of carboxylic acid groups (broad SMARTS) is 2. The molecule has 0 heterocycles. The lowest BCUT2D eigenvalue weighted by molar-refractivity contribution is -0.141. The predicted molar refractivity (Wildman–Crippen MR) is 73.3 cm³/mol. The van der Waals surface area contributed by atoms with Crippen LogP contribution in [-0.2, 0) is 14.4 Å². The summed E-state index contributed by atoms with van der Waals surface area (Å²) in [6.07, 6.45) is 5.70. The molecule has 2 aliphatic carbocycles. The number of rotatable bonds is 6. The summed E-state index contributed by atoms with van der Waals surface area (Å²) < 4.78 is 0. The van der Waals surface area contributed by atoms with Crippen LogP contribution in [0, 0.1) is 23.7 Å². The average Bonchev–Trinajstić information content (AvgIpc) is 3.20. The van der Waals surface area contributed by atoms with E-state index in [0.717, 1.165) is 25.7 Å². The number of nitrogens with one attached hydrogen (secondary N) is 1. The molecule has 0 aromatic rings. The van der Waals surface area contributed by atoms with Crippen molar-refractivity contribution >= 4 is 17.8 Å². The second kappa shape index (κ2) is 6.43. The third-order valence-corrected chi connectivity index (χ3v) is 4.65. The lowest BCUT2D eigenvalue weighted by Crippen LogP contribution is -2.36. The van der Waals surface area contributed by atoms with Crippen molar-refractivity contribution in [1.29, 1.82) is 0 Å². The van der Waals surface area contributed by atoms with Gasteiger partial charge < -0.3 is 21.3 Å². The van der Waals surface area contributed by atoms with Gasteiger partial charge in [0.05, 0.1) is 11.8 Å². The van der Waals surface area contributed by atoms with E-state index in [4.69, 9.17) is 15.9 Å². The first kappa shape index (κ1) is 15.8. The molecule has 0 aliphatic heterocycles. The van der Waals surface area contributed by atoms with Crippen molar-refractivity contribution in [3.05, 3.63) is 0 Å². The number of carboxylic acids is 2. The van der Waals surface area contributed by atoms with E-state index in [0.29, 0.717) is 12.5 Å². The van der Waals surface area contributed by atoms with Gasteiger partial charge in [0, 0.05) is 12.5 Å². The first-order valence-corrected chi connectivity index (χ1v) is 7.42. The molecule has 7 nitrogen and oxygen atoms in total. The zero-order chi connectivity index (χ0) is 15.6. The first-order chi connectivity index (χ1) is 9.93. The molecule has 2 aliphatic rings. The molecule has 0 aromatic carbocycles. The largest absolute Gasteiger partial charge is 0.481 e. The van der Waals surface area contributed by atoms with Gasteiger partial charge in [-0.25, -0.2) is 0 Å². The highest BCUT2D eigenvalue weighted by molar-refractivity contribution is 5.92. The summed E-state index contributed by atoms with van der Waals surface area (Å²) in [6, 6.07) is -1.31. The van der Waals surface area contributed by atoms with Crippen LogP contribution in [0.1, 0.15) is 32.1 Å². The van der Waals surface area contributed by atoms with Crippen LogP contribution in [0.2, 0.25) is 0 Å². The summed E-state index contributed by atoms with van der Waals surface area (Å²) >= 11 is 0. The van der Waals surface area contributed by atoms with Crippen LogP contribution in [0.5, 0.6) is 0 Å². The van der Waals surface area contributed by atoms with E-state index in [1.165, 1.54) is 6.42 Å². The van der Waals surface area contributed by atoms with Gasteiger partial charge in [-0.05, 0) is 18.8 Å². The van der Waals surface area contributed by atoms with Crippen molar-refractivity contribution in [2.75, 3.05) is 6.54 Å². The number of nitrogens with two attached hydrogens (primary N) is 1. The number of hydrogen-bond acceptors (Lipinski definition) is 4. The minimum Gasteiger partial charge on any atom is -0.481 e. The van der Waals surface area contributed by atoms with Gasteiger partial charge in [0.25, 0.3) is 0 Å². The molecule has 0 aromatic heterocycles. The van der Waals surface area contributed by atoms with E-state index in [1.54, 1.807) is 0 Å². The Hall–Kier alpha value is -1.63. The zero-order valence-electron chi connectivity index (χ0n) is 11.8. The molecular formula is C14H22N2O5. The molecule has 4 atom stereocenters. The van der Waals surface area contributed by atoms with Crippen molar-refractivity contribution in [2.45, 2.75) is 38.1 Å². The maximum atomic E-state index is 12.1. The molecule has 0 saturated heterocycles. The van der Waals surface area contributed by atoms with Gasteiger partial charge in [-0.3, -0.25) is 14.4 Å². The van der Waals surface area contributed by atoms with Crippen LogP contribution in [0.4, 0.5) is 0 Å². The standard InChI is InChI=1S/C14H22N2O5/c15-11(14(20)21)8-9(10(8)13(18)19)12(17)16-6-7-4-2-1-3-5-7/h7-11H,1-6,15H2,(H,16,17)(H,18,19)(H,20,21)/t8-,9+,10+,11?/m0/s1. The Bertz CT molecular complexity index is 433. The van der Waals surface area contributed by atoms with Crippen LogP contribution in [0.25, 0.3) is 0 Å². The monoisotopic (exact) mass is 298 g/mol. The van der Waals surface area contributed by atoms with Crippen molar-refractivity contribution in [2.24, 2.45) is 29.4 Å². The van der Waals surface area contributed by atoms with Gasteiger partial charge >= 0.3 is 11.9 Å². The molecule has 21 heavy (non-hydrogen) atoms. The minimum absolute atomic E-state index is 0.380. The fourth-order valence-electron chi connectivity index (χ4n) is 3.36. The Kier molecular flexibility index (Phi) is 4.82. The summed E-state index contributed by atoms with van der Waals surface area (Å²) in [4.78, 5) is 34.0. The Balaban J connectivity index is 1.88. The summed E-state index contributed by atoms with van der Waals surface area (Å²) in [6.45, 7) is 0.538. The minimum atomic E-state index is -1.31. The van der Waals surface area contributed by atoms with Gasteiger partial charge in [-0.2, -0.15) is 0 Å². The van der Waals surface area contributed by atoms with Gasteiger partial charge in [0.1, 0.15) is 6.04 Å². The van der Waals surface area contributed by atoms with Crippen LogP contribution >= 0.6 is 0 Å². The maximum absolute atomic E-state index is 12.1. The fraction of sp³-hybridized carbons (Fsp3) is 0.786. The van der Waals surface area contributed by atoms with Gasteiger partial charge in [0.15, 0.2) is 0 Å². The van der Waals surface area contributed by atoms with Crippen molar-refractivity contribution < 1.29 is 24.6 Å². The number of carbonyl (C=O) groups is 3. The number of aliphatic carboxylic acids is 2. The zero-order valence-corrected chi connectivity index (χ0v) is 11.8. The summed E-state index contributed by atoms with van der Waals surface area (Å²) in [5.41, 5.74) is 5.47. The van der Waals surface area contributed by atoms with Crippen molar-refractivity contribution in [3.8, 4) is 0 Å². The lowest BCUT2D eigenvalue weighted by Gasteiger charge is -2.21. The van der Waals surface area contributed by atoms with Gasteiger partial charge in [-0.15, -0.1) is 0 Å².